The fraction of sp³-hybridized carbons (Fsp3) is 0.500. The fourth-order valence-corrected chi connectivity index (χ4v) is 4.12. The number of amides is 2. The normalized spacial score (nSPS) is 23.9. The highest BCUT2D eigenvalue weighted by molar-refractivity contribution is 6.42. The van der Waals surface area contributed by atoms with Gasteiger partial charge >= 0.3 is 6.09 Å². The number of methoxy groups -OCH3 is 1. The predicted molar refractivity (Wildman–Crippen MR) is 90.1 cm³/mol. The van der Waals surface area contributed by atoms with Crippen LogP contribution in [-0.2, 0) is 4.79 Å². The van der Waals surface area contributed by atoms with E-state index in [1.54, 1.807) is 24.1 Å². The van der Waals surface area contributed by atoms with Crippen LogP contribution in [0.15, 0.2) is 12.1 Å². The third-order valence-electron chi connectivity index (χ3n) is 4.78. The van der Waals surface area contributed by atoms with Gasteiger partial charge in [-0.25, -0.2) is 4.79 Å². The number of ether oxygens (including phenoxy) is 1. The first-order valence-electron chi connectivity index (χ1n) is 7.71. The minimum Gasteiger partial charge on any atom is -0.496 e. The molecule has 6 nitrogen and oxygen atoms in total. The number of carbonyl (C=O) groups excluding carboxylic acids is 1. The molecule has 1 aromatic carbocycles. The summed E-state index contributed by atoms with van der Waals surface area (Å²) >= 11 is 12.5. The Morgan fingerprint density at radius 3 is 2.79 bits per heavy atom. The Morgan fingerprint density at radius 1 is 1.38 bits per heavy atom. The maximum absolute atomic E-state index is 12.2. The molecule has 0 unspecified atom stereocenters. The first kappa shape index (κ1) is 17.2. The van der Waals surface area contributed by atoms with Gasteiger partial charge in [-0.15, -0.1) is 0 Å². The maximum Gasteiger partial charge on any atom is 0.407 e. The van der Waals surface area contributed by atoms with Crippen LogP contribution < -0.4 is 4.74 Å². The van der Waals surface area contributed by atoms with E-state index in [0.29, 0.717) is 35.3 Å². The van der Waals surface area contributed by atoms with Gasteiger partial charge in [0.25, 0.3) is 0 Å². The van der Waals surface area contributed by atoms with E-state index in [4.69, 9.17) is 27.9 Å². The Hall–Kier alpha value is -1.66. The highest BCUT2D eigenvalue weighted by atomic mass is 35.5. The summed E-state index contributed by atoms with van der Waals surface area (Å²) < 4.78 is 5.42. The fourth-order valence-electron chi connectivity index (χ4n) is 3.64. The van der Waals surface area contributed by atoms with Crippen LogP contribution in [-0.4, -0.2) is 59.7 Å². The molecule has 2 atom stereocenters. The van der Waals surface area contributed by atoms with Crippen LogP contribution in [0, 0.1) is 0 Å². The molecule has 0 spiro atoms. The largest absolute Gasteiger partial charge is 0.496 e. The van der Waals surface area contributed by atoms with Gasteiger partial charge in [-0.05, 0) is 30.9 Å². The first-order valence-corrected chi connectivity index (χ1v) is 8.47. The number of halogens is 2. The van der Waals surface area contributed by atoms with Crippen LogP contribution in [0.25, 0.3) is 0 Å². The van der Waals surface area contributed by atoms with Crippen LogP contribution in [0.1, 0.15) is 24.3 Å². The van der Waals surface area contributed by atoms with Crippen molar-refractivity contribution in [3.8, 4) is 5.75 Å². The van der Waals surface area contributed by atoms with Crippen LogP contribution in [0.4, 0.5) is 4.79 Å². The van der Waals surface area contributed by atoms with Crippen molar-refractivity contribution in [1.29, 1.82) is 0 Å². The highest BCUT2D eigenvalue weighted by Gasteiger charge is 2.40. The number of nitrogens with zero attached hydrogens (tertiary/aromatic N) is 2. The van der Waals surface area contributed by atoms with Crippen LogP contribution in [0.2, 0.25) is 10.0 Å². The molecule has 1 N–H and O–H groups in total. The first-order chi connectivity index (χ1) is 11.4. The summed E-state index contributed by atoms with van der Waals surface area (Å²) in [6.45, 7) is 0.823. The average molecular weight is 373 g/mol. The second-order valence-electron chi connectivity index (χ2n) is 6.10. The molecule has 3 rings (SSSR count). The van der Waals surface area contributed by atoms with Crippen molar-refractivity contribution in [3.63, 3.8) is 0 Å². The van der Waals surface area contributed by atoms with Crippen molar-refractivity contribution in [2.45, 2.75) is 24.8 Å². The van der Waals surface area contributed by atoms with Gasteiger partial charge < -0.3 is 14.7 Å². The van der Waals surface area contributed by atoms with Gasteiger partial charge in [-0.3, -0.25) is 9.69 Å². The summed E-state index contributed by atoms with van der Waals surface area (Å²) in [5, 5.41) is 10.1. The molecule has 2 fully saturated rings. The van der Waals surface area contributed by atoms with Crippen molar-refractivity contribution in [3.05, 3.63) is 27.7 Å². The maximum atomic E-state index is 12.2. The summed E-state index contributed by atoms with van der Waals surface area (Å²) in [7, 11) is 1.58. The Labute approximate surface area is 149 Å². The van der Waals surface area contributed by atoms with Crippen molar-refractivity contribution < 1.29 is 19.4 Å². The summed E-state index contributed by atoms with van der Waals surface area (Å²) in [4.78, 5) is 26.3. The van der Waals surface area contributed by atoms with Gasteiger partial charge in [0, 0.05) is 18.7 Å². The Bertz CT molecular complexity index is 682. The van der Waals surface area contributed by atoms with E-state index in [1.165, 1.54) is 4.90 Å². The Kier molecular flexibility index (Phi) is 4.78. The SMILES string of the molecule is COc1ccc(Cl)c(Cl)c1[C@H]1CCN2C(=O)CN(C(=O)O)C[C@H]2C1. The minimum absolute atomic E-state index is 0.0638. The third-order valence-corrected chi connectivity index (χ3v) is 5.60. The monoisotopic (exact) mass is 372 g/mol. The number of piperidine rings is 1. The van der Waals surface area contributed by atoms with E-state index in [1.807, 2.05) is 0 Å². The van der Waals surface area contributed by atoms with Gasteiger partial charge in [0.15, 0.2) is 0 Å². The lowest BCUT2D eigenvalue weighted by Gasteiger charge is -2.45. The summed E-state index contributed by atoms with van der Waals surface area (Å²) in [6.07, 6.45) is 0.306. The van der Waals surface area contributed by atoms with Gasteiger partial charge in [0.2, 0.25) is 5.91 Å². The Balaban J connectivity index is 1.87. The molecule has 2 aliphatic rings. The molecule has 1 aromatic rings. The number of piperazine rings is 1. The molecule has 2 heterocycles. The third kappa shape index (κ3) is 3.00. The van der Waals surface area contributed by atoms with Crippen LogP contribution >= 0.6 is 23.2 Å². The zero-order valence-corrected chi connectivity index (χ0v) is 14.7. The molecule has 8 heteroatoms. The topological polar surface area (TPSA) is 70.1 Å². The molecule has 130 valence electrons. The molecule has 0 aromatic heterocycles. The molecule has 0 radical (unpaired) electrons. The standard InChI is InChI=1S/C16H18Cl2N2O4/c1-24-12-3-2-11(17)15(18)14(12)9-4-5-20-10(6-9)7-19(16(22)23)8-13(20)21/h2-3,9-10H,4-8H2,1H3,(H,22,23)/t9-,10+/m0/s1. The zero-order valence-electron chi connectivity index (χ0n) is 13.2. The zero-order chi connectivity index (χ0) is 17.4. The molecule has 2 amide bonds. The van der Waals surface area contributed by atoms with Crippen molar-refractivity contribution in [1.82, 2.24) is 9.80 Å². The lowest BCUT2D eigenvalue weighted by atomic mass is 9.83. The predicted octanol–water partition coefficient (Wildman–Crippen LogP) is 3.07. The van der Waals surface area contributed by atoms with Crippen molar-refractivity contribution >= 4 is 35.2 Å². The van der Waals surface area contributed by atoms with Gasteiger partial charge in [0.1, 0.15) is 12.3 Å². The van der Waals surface area contributed by atoms with Crippen LogP contribution in [0.5, 0.6) is 5.75 Å². The number of rotatable bonds is 2. The van der Waals surface area contributed by atoms with E-state index in [2.05, 4.69) is 0 Å². The lowest BCUT2D eigenvalue weighted by Crippen LogP contribution is -2.59. The quantitative estimate of drug-likeness (QED) is 0.865. The molecule has 2 saturated heterocycles. The van der Waals surface area contributed by atoms with E-state index >= 15 is 0 Å². The molecular weight excluding hydrogens is 355 g/mol. The number of hydrogen-bond donors (Lipinski definition) is 1. The van der Waals surface area contributed by atoms with Crippen LogP contribution in [0.3, 0.4) is 0 Å². The summed E-state index contributed by atoms with van der Waals surface area (Å²) in [5.74, 6) is 0.588. The van der Waals surface area contributed by atoms with E-state index in [0.717, 1.165) is 12.0 Å². The molecule has 24 heavy (non-hydrogen) atoms. The number of carboxylic acid groups (broad SMARTS) is 1. The highest BCUT2D eigenvalue weighted by Crippen LogP contribution is 2.43. The summed E-state index contributed by atoms with van der Waals surface area (Å²) in [5.41, 5.74) is 0.839. The van der Waals surface area contributed by atoms with Crippen molar-refractivity contribution in [2.75, 3.05) is 26.7 Å². The minimum atomic E-state index is -1.07. The van der Waals surface area contributed by atoms with Gasteiger partial charge in [-0.2, -0.15) is 0 Å². The smallest absolute Gasteiger partial charge is 0.407 e. The number of benzene rings is 1. The van der Waals surface area contributed by atoms with Gasteiger partial charge in [-0.1, -0.05) is 23.2 Å². The molecule has 0 bridgehead atoms. The molecule has 0 aliphatic carbocycles. The molecule has 2 aliphatic heterocycles. The van der Waals surface area contributed by atoms with E-state index in [-0.39, 0.29) is 24.4 Å². The van der Waals surface area contributed by atoms with Gasteiger partial charge in [0.05, 0.1) is 23.2 Å². The van der Waals surface area contributed by atoms with E-state index < -0.39 is 6.09 Å². The second-order valence-corrected chi connectivity index (χ2v) is 6.89. The second kappa shape index (κ2) is 6.69. The number of carbonyl (C=O) groups is 2. The number of fused-ring (bicyclic) bond motifs is 1. The Morgan fingerprint density at radius 2 is 2.12 bits per heavy atom. The lowest BCUT2D eigenvalue weighted by molar-refractivity contribution is -0.140. The van der Waals surface area contributed by atoms with E-state index in [9.17, 15) is 14.7 Å². The average Bonchev–Trinajstić information content (AvgIpc) is 2.56. The summed E-state index contributed by atoms with van der Waals surface area (Å²) in [6, 6.07) is 3.32. The molecular formula is C16H18Cl2N2O4. The molecule has 0 saturated carbocycles. The van der Waals surface area contributed by atoms with Crippen molar-refractivity contribution in [2.24, 2.45) is 0 Å². The number of hydrogen-bond acceptors (Lipinski definition) is 3.